The van der Waals surface area contributed by atoms with Crippen LogP contribution < -0.4 is 10.6 Å². The topological polar surface area (TPSA) is 24.1 Å². The van der Waals surface area contributed by atoms with Gasteiger partial charge in [-0.05, 0) is 41.0 Å². The molecular weight excluding hydrogens is 299 g/mol. The lowest BCUT2D eigenvalue weighted by Crippen LogP contribution is -2.22. The van der Waals surface area contributed by atoms with Crippen LogP contribution in [0.25, 0.3) is 0 Å². The van der Waals surface area contributed by atoms with Gasteiger partial charge in [-0.3, -0.25) is 0 Å². The van der Waals surface area contributed by atoms with Crippen molar-refractivity contribution in [3.63, 3.8) is 0 Å². The first-order valence-electron chi connectivity index (χ1n) is 4.79. The molecule has 0 radical (unpaired) electrons. The number of benzene rings is 1. The van der Waals surface area contributed by atoms with Gasteiger partial charge in [0.05, 0.1) is 15.7 Å². The van der Waals surface area contributed by atoms with Crippen LogP contribution in [0.2, 0.25) is 10.0 Å². The Bertz CT molecular complexity index is 365. The number of anilines is 1. The van der Waals surface area contributed by atoms with Crippen molar-refractivity contribution < 1.29 is 0 Å². The zero-order valence-electron chi connectivity index (χ0n) is 7.99. The Morgan fingerprint density at radius 3 is 2.80 bits per heavy atom. The molecule has 1 aromatic carbocycles. The molecule has 1 aliphatic heterocycles. The van der Waals surface area contributed by atoms with Crippen molar-refractivity contribution in [3.8, 4) is 0 Å². The molecule has 0 aromatic heterocycles. The van der Waals surface area contributed by atoms with E-state index in [1.54, 1.807) is 0 Å². The lowest BCUT2D eigenvalue weighted by Gasteiger charge is -2.15. The molecule has 5 heteroatoms. The van der Waals surface area contributed by atoms with Gasteiger partial charge in [0.2, 0.25) is 0 Å². The second-order valence-electron chi connectivity index (χ2n) is 3.56. The summed E-state index contributed by atoms with van der Waals surface area (Å²) >= 11 is 15.5. The van der Waals surface area contributed by atoms with Crippen molar-refractivity contribution in [2.24, 2.45) is 0 Å². The van der Waals surface area contributed by atoms with Crippen LogP contribution >= 0.6 is 39.1 Å². The maximum absolute atomic E-state index is 6.13. The minimum Gasteiger partial charge on any atom is -0.380 e. The Morgan fingerprint density at radius 2 is 2.13 bits per heavy atom. The van der Waals surface area contributed by atoms with Gasteiger partial charge < -0.3 is 10.6 Å². The summed E-state index contributed by atoms with van der Waals surface area (Å²) in [7, 11) is 0. The molecular formula is C10H11BrCl2N2. The van der Waals surface area contributed by atoms with Crippen LogP contribution in [0, 0.1) is 0 Å². The van der Waals surface area contributed by atoms with E-state index in [1.165, 1.54) is 0 Å². The van der Waals surface area contributed by atoms with Crippen LogP contribution in [-0.4, -0.2) is 19.1 Å². The SMILES string of the molecule is Clc1c(Br)ccc(NC2CCNC2)c1Cl. The molecule has 0 bridgehead atoms. The van der Waals surface area contributed by atoms with Crippen LogP contribution in [0.3, 0.4) is 0 Å². The molecule has 0 spiro atoms. The van der Waals surface area contributed by atoms with Gasteiger partial charge in [-0.25, -0.2) is 0 Å². The minimum atomic E-state index is 0.444. The first kappa shape index (κ1) is 11.5. The zero-order valence-corrected chi connectivity index (χ0v) is 11.1. The first-order chi connectivity index (χ1) is 7.18. The predicted molar refractivity (Wildman–Crippen MR) is 69.1 cm³/mol. The van der Waals surface area contributed by atoms with E-state index in [0.717, 1.165) is 29.7 Å². The lowest BCUT2D eigenvalue weighted by molar-refractivity contribution is 0.793. The van der Waals surface area contributed by atoms with Gasteiger partial charge >= 0.3 is 0 Å². The Hall–Kier alpha value is 0.0400. The summed E-state index contributed by atoms with van der Waals surface area (Å²) in [5.74, 6) is 0. The second-order valence-corrected chi connectivity index (χ2v) is 5.17. The monoisotopic (exact) mass is 308 g/mol. The van der Waals surface area contributed by atoms with E-state index >= 15 is 0 Å². The Balaban J connectivity index is 2.17. The van der Waals surface area contributed by atoms with Gasteiger partial charge in [0.25, 0.3) is 0 Å². The molecule has 0 aliphatic carbocycles. The fourth-order valence-electron chi connectivity index (χ4n) is 1.64. The normalized spacial score (nSPS) is 20.6. The van der Waals surface area contributed by atoms with E-state index in [1.807, 2.05) is 12.1 Å². The quantitative estimate of drug-likeness (QED) is 0.817. The molecule has 1 saturated heterocycles. The zero-order chi connectivity index (χ0) is 10.8. The third kappa shape index (κ3) is 2.59. The summed E-state index contributed by atoms with van der Waals surface area (Å²) in [6, 6.07) is 4.29. The molecule has 0 amide bonds. The van der Waals surface area contributed by atoms with E-state index in [9.17, 15) is 0 Å². The number of halogens is 3. The molecule has 2 nitrogen and oxygen atoms in total. The maximum Gasteiger partial charge on any atom is 0.0835 e. The van der Waals surface area contributed by atoms with Gasteiger partial charge in [-0.15, -0.1) is 0 Å². The van der Waals surface area contributed by atoms with E-state index in [-0.39, 0.29) is 0 Å². The Kier molecular flexibility index (Phi) is 3.78. The van der Waals surface area contributed by atoms with Gasteiger partial charge in [-0.2, -0.15) is 0 Å². The molecule has 1 fully saturated rings. The molecule has 82 valence electrons. The first-order valence-corrected chi connectivity index (χ1v) is 6.34. The number of rotatable bonds is 2. The highest BCUT2D eigenvalue weighted by atomic mass is 79.9. The molecule has 1 unspecified atom stereocenters. The van der Waals surface area contributed by atoms with Gasteiger partial charge in [0, 0.05) is 17.1 Å². The molecule has 1 heterocycles. The van der Waals surface area contributed by atoms with E-state index in [0.29, 0.717) is 16.1 Å². The van der Waals surface area contributed by atoms with Crippen LogP contribution in [0.1, 0.15) is 6.42 Å². The highest BCUT2D eigenvalue weighted by Crippen LogP contribution is 2.36. The van der Waals surface area contributed by atoms with E-state index in [4.69, 9.17) is 23.2 Å². The molecule has 0 saturated carbocycles. The minimum absolute atomic E-state index is 0.444. The van der Waals surface area contributed by atoms with Gasteiger partial charge in [0.1, 0.15) is 0 Å². The smallest absolute Gasteiger partial charge is 0.0835 e. The Labute approximate surface area is 107 Å². The van der Waals surface area contributed by atoms with Crippen molar-refractivity contribution >= 4 is 44.8 Å². The van der Waals surface area contributed by atoms with Crippen molar-refractivity contribution in [2.75, 3.05) is 18.4 Å². The number of nitrogens with one attached hydrogen (secondary N) is 2. The molecule has 2 N–H and O–H groups in total. The largest absolute Gasteiger partial charge is 0.380 e. The van der Waals surface area contributed by atoms with Crippen molar-refractivity contribution in [1.29, 1.82) is 0 Å². The molecule has 15 heavy (non-hydrogen) atoms. The number of hydrogen-bond acceptors (Lipinski definition) is 2. The predicted octanol–water partition coefficient (Wildman–Crippen LogP) is 3.53. The van der Waals surface area contributed by atoms with E-state index < -0.39 is 0 Å². The molecule has 1 aliphatic rings. The van der Waals surface area contributed by atoms with Crippen molar-refractivity contribution in [3.05, 3.63) is 26.7 Å². The lowest BCUT2D eigenvalue weighted by atomic mass is 10.2. The molecule has 1 aromatic rings. The Morgan fingerprint density at radius 1 is 1.33 bits per heavy atom. The highest BCUT2D eigenvalue weighted by Gasteiger charge is 2.16. The summed E-state index contributed by atoms with van der Waals surface area (Å²) in [6.07, 6.45) is 1.12. The fraction of sp³-hybridized carbons (Fsp3) is 0.400. The van der Waals surface area contributed by atoms with Crippen LogP contribution in [0.5, 0.6) is 0 Å². The molecule has 2 rings (SSSR count). The summed E-state index contributed by atoms with van der Waals surface area (Å²) in [5, 5.41) is 7.81. The average Bonchev–Trinajstić information content (AvgIpc) is 2.72. The van der Waals surface area contributed by atoms with Crippen molar-refractivity contribution in [1.82, 2.24) is 5.32 Å². The maximum atomic E-state index is 6.13. The van der Waals surface area contributed by atoms with Gasteiger partial charge in [-0.1, -0.05) is 23.2 Å². The van der Waals surface area contributed by atoms with Crippen LogP contribution in [0.4, 0.5) is 5.69 Å². The highest BCUT2D eigenvalue weighted by molar-refractivity contribution is 9.10. The summed E-state index contributed by atoms with van der Waals surface area (Å²) < 4.78 is 0.823. The summed E-state index contributed by atoms with van der Waals surface area (Å²) in [4.78, 5) is 0. The third-order valence-corrected chi connectivity index (χ3v) is 4.23. The fourth-order valence-corrected chi connectivity index (χ4v) is 2.46. The van der Waals surface area contributed by atoms with E-state index in [2.05, 4.69) is 26.6 Å². The summed E-state index contributed by atoms with van der Waals surface area (Å²) in [6.45, 7) is 2.03. The average molecular weight is 310 g/mol. The second kappa shape index (κ2) is 4.91. The van der Waals surface area contributed by atoms with Crippen molar-refractivity contribution in [2.45, 2.75) is 12.5 Å². The van der Waals surface area contributed by atoms with Crippen LogP contribution in [0.15, 0.2) is 16.6 Å². The van der Waals surface area contributed by atoms with Crippen LogP contribution in [-0.2, 0) is 0 Å². The standard InChI is InChI=1S/C10H11BrCl2N2/c11-7-1-2-8(10(13)9(7)12)15-6-3-4-14-5-6/h1-2,6,14-15H,3-5H2. The summed E-state index contributed by atoms with van der Waals surface area (Å²) in [5.41, 5.74) is 0.901. The van der Waals surface area contributed by atoms with Gasteiger partial charge in [0.15, 0.2) is 0 Å². The molecule has 1 atom stereocenters. The number of hydrogen-bond donors (Lipinski definition) is 2. The third-order valence-electron chi connectivity index (χ3n) is 2.46.